The number of piperazine rings is 1. The summed E-state index contributed by atoms with van der Waals surface area (Å²) < 4.78 is 18.5. The van der Waals surface area contributed by atoms with E-state index in [2.05, 4.69) is 27.5 Å². The van der Waals surface area contributed by atoms with Crippen molar-refractivity contribution >= 4 is 17.5 Å². The highest BCUT2D eigenvalue weighted by atomic mass is 19.1. The van der Waals surface area contributed by atoms with Crippen LogP contribution >= 0.6 is 0 Å². The Morgan fingerprint density at radius 3 is 2.43 bits per heavy atom. The van der Waals surface area contributed by atoms with Gasteiger partial charge in [-0.05, 0) is 36.9 Å². The number of nitrogens with zero attached hydrogens (tertiary/aromatic N) is 2. The molecule has 2 N–H and O–H groups in total. The third-order valence-electron chi connectivity index (χ3n) is 5.22. The molecule has 0 spiro atoms. The van der Waals surface area contributed by atoms with Crippen LogP contribution in [0.5, 0.6) is 5.75 Å². The summed E-state index contributed by atoms with van der Waals surface area (Å²) in [5.74, 6) is -1.20. The van der Waals surface area contributed by atoms with E-state index in [-0.39, 0.29) is 18.4 Å². The molecule has 160 valence electrons. The molecule has 0 aromatic heterocycles. The van der Waals surface area contributed by atoms with Crippen molar-refractivity contribution < 1.29 is 18.7 Å². The number of benzene rings is 2. The fraction of sp³-hybridized carbons (Fsp3) is 0.364. The van der Waals surface area contributed by atoms with Gasteiger partial charge in [0.15, 0.2) is 0 Å². The zero-order valence-electron chi connectivity index (χ0n) is 17.2. The van der Waals surface area contributed by atoms with Gasteiger partial charge in [-0.2, -0.15) is 0 Å². The van der Waals surface area contributed by atoms with Crippen molar-refractivity contribution in [3.63, 3.8) is 0 Å². The summed E-state index contributed by atoms with van der Waals surface area (Å²) in [5.41, 5.74) is 1.37. The van der Waals surface area contributed by atoms with Gasteiger partial charge in [0.1, 0.15) is 11.6 Å². The van der Waals surface area contributed by atoms with E-state index < -0.39 is 11.8 Å². The van der Waals surface area contributed by atoms with E-state index in [0.717, 1.165) is 31.7 Å². The number of rotatable bonds is 6. The smallest absolute Gasteiger partial charge is 0.313 e. The highest BCUT2D eigenvalue weighted by Crippen LogP contribution is 2.22. The monoisotopic (exact) mass is 414 g/mol. The molecule has 1 unspecified atom stereocenters. The number of amides is 2. The van der Waals surface area contributed by atoms with Crippen molar-refractivity contribution in [2.24, 2.45) is 0 Å². The summed E-state index contributed by atoms with van der Waals surface area (Å²) in [5, 5.41) is 5.29. The summed E-state index contributed by atoms with van der Waals surface area (Å²) >= 11 is 0. The normalized spacial score (nSPS) is 16.0. The Bertz CT molecular complexity index is 867. The molecule has 30 heavy (non-hydrogen) atoms. The number of ether oxygens (including phenoxy) is 1. The van der Waals surface area contributed by atoms with E-state index in [1.54, 1.807) is 36.4 Å². The number of methoxy groups -OCH3 is 1. The quantitative estimate of drug-likeness (QED) is 0.706. The fourth-order valence-electron chi connectivity index (χ4n) is 3.43. The molecule has 1 aliphatic heterocycles. The van der Waals surface area contributed by atoms with Crippen LogP contribution in [0.2, 0.25) is 0 Å². The van der Waals surface area contributed by atoms with E-state index in [4.69, 9.17) is 4.74 Å². The molecule has 1 atom stereocenters. The minimum atomic E-state index is -0.750. The molecule has 2 aromatic rings. The topological polar surface area (TPSA) is 73.9 Å². The number of halogens is 1. The summed E-state index contributed by atoms with van der Waals surface area (Å²) in [6.07, 6.45) is 0. The molecule has 0 bridgehead atoms. The standard InChI is InChI=1S/C22H27FN4O3/c1-26-10-12-27(13-11-26)20(16-6-8-17(23)9-7-16)15-24-21(28)22(29)25-18-4-3-5-19(14-18)30-2/h3-9,14,20H,10-13,15H2,1-2H3,(H,24,28)(H,25,29). The molecule has 0 aliphatic carbocycles. The maximum Gasteiger partial charge on any atom is 0.313 e. The van der Waals surface area contributed by atoms with Crippen LogP contribution in [0.4, 0.5) is 10.1 Å². The Kier molecular flexibility index (Phi) is 7.37. The van der Waals surface area contributed by atoms with Crippen LogP contribution in [0.1, 0.15) is 11.6 Å². The molecule has 1 fully saturated rings. The van der Waals surface area contributed by atoms with E-state index >= 15 is 0 Å². The molecule has 8 heteroatoms. The molecule has 3 rings (SSSR count). The number of nitrogens with one attached hydrogen (secondary N) is 2. The number of hydrogen-bond acceptors (Lipinski definition) is 5. The highest BCUT2D eigenvalue weighted by Gasteiger charge is 2.25. The third kappa shape index (κ3) is 5.77. The SMILES string of the molecule is COc1cccc(NC(=O)C(=O)NCC(c2ccc(F)cc2)N2CCN(C)CC2)c1. The van der Waals surface area contributed by atoms with Gasteiger partial charge in [0, 0.05) is 44.5 Å². The van der Waals surface area contributed by atoms with E-state index in [1.165, 1.54) is 19.2 Å². The van der Waals surface area contributed by atoms with Crippen molar-refractivity contribution in [3.8, 4) is 5.75 Å². The first-order chi connectivity index (χ1) is 14.5. The Balaban J connectivity index is 1.64. The summed E-state index contributed by atoms with van der Waals surface area (Å²) in [4.78, 5) is 29.2. The largest absolute Gasteiger partial charge is 0.497 e. The van der Waals surface area contributed by atoms with Gasteiger partial charge >= 0.3 is 11.8 Å². The number of carbonyl (C=O) groups is 2. The van der Waals surface area contributed by atoms with E-state index in [1.807, 2.05) is 0 Å². The van der Waals surface area contributed by atoms with Crippen LogP contribution in [0.15, 0.2) is 48.5 Å². The molecule has 1 saturated heterocycles. The third-order valence-corrected chi connectivity index (χ3v) is 5.22. The predicted octanol–water partition coefficient (Wildman–Crippen LogP) is 1.88. The first kappa shape index (κ1) is 21.7. The molecule has 0 saturated carbocycles. The van der Waals surface area contributed by atoms with Gasteiger partial charge in [0.2, 0.25) is 0 Å². The second-order valence-electron chi connectivity index (χ2n) is 7.30. The van der Waals surface area contributed by atoms with Gasteiger partial charge in [0.05, 0.1) is 13.2 Å². The average Bonchev–Trinajstić information content (AvgIpc) is 2.76. The summed E-state index contributed by atoms with van der Waals surface area (Å²) in [7, 11) is 3.59. The lowest BCUT2D eigenvalue weighted by molar-refractivity contribution is -0.136. The number of anilines is 1. The summed E-state index contributed by atoms with van der Waals surface area (Å²) in [6.45, 7) is 3.71. The van der Waals surface area contributed by atoms with Crippen LogP contribution in [-0.2, 0) is 9.59 Å². The van der Waals surface area contributed by atoms with Gasteiger partial charge in [-0.15, -0.1) is 0 Å². The van der Waals surface area contributed by atoms with Crippen molar-refractivity contribution in [3.05, 3.63) is 59.9 Å². The van der Waals surface area contributed by atoms with E-state index in [0.29, 0.717) is 11.4 Å². The van der Waals surface area contributed by atoms with Crippen molar-refractivity contribution in [2.45, 2.75) is 6.04 Å². The van der Waals surface area contributed by atoms with Crippen LogP contribution in [0, 0.1) is 5.82 Å². The van der Waals surface area contributed by atoms with Gasteiger partial charge in [-0.25, -0.2) is 4.39 Å². The molecule has 2 amide bonds. The van der Waals surface area contributed by atoms with Crippen molar-refractivity contribution in [2.75, 3.05) is 52.2 Å². The maximum absolute atomic E-state index is 13.4. The molecule has 1 aliphatic rings. The number of carbonyl (C=O) groups excluding carboxylic acids is 2. The molecular weight excluding hydrogens is 387 g/mol. The van der Waals surface area contributed by atoms with Gasteiger partial charge in [0.25, 0.3) is 0 Å². The molecule has 7 nitrogen and oxygen atoms in total. The highest BCUT2D eigenvalue weighted by molar-refractivity contribution is 6.39. The van der Waals surface area contributed by atoms with Crippen molar-refractivity contribution in [1.82, 2.24) is 15.1 Å². The lowest BCUT2D eigenvalue weighted by atomic mass is 10.0. The first-order valence-corrected chi connectivity index (χ1v) is 9.87. The molecule has 2 aromatic carbocycles. The van der Waals surface area contributed by atoms with Crippen LogP contribution in [-0.4, -0.2) is 68.5 Å². The summed E-state index contributed by atoms with van der Waals surface area (Å²) in [6, 6.07) is 12.9. The second kappa shape index (κ2) is 10.2. The number of hydrogen-bond donors (Lipinski definition) is 2. The van der Waals surface area contributed by atoms with Crippen LogP contribution in [0.25, 0.3) is 0 Å². The Labute approximate surface area is 175 Å². The first-order valence-electron chi connectivity index (χ1n) is 9.87. The number of likely N-dealkylation sites (N-methyl/N-ethyl adjacent to an activating group) is 1. The van der Waals surface area contributed by atoms with Gasteiger partial charge in [-0.3, -0.25) is 14.5 Å². The van der Waals surface area contributed by atoms with Gasteiger partial charge in [-0.1, -0.05) is 18.2 Å². The predicted molar refractivity (Wildman–Crippen MR) is 113 cm³/mol. The molecular formula is C22H27FN4O3. The zero-order valence-corrected chi connectivity index (χ0v) is 17.2. The van der Waals surface area contributed by atoms with Crippen molar-refractivity contribution in [1.29, 1.82) is 0 Å². The average molecular weight is 414 g/mol. The molecule has 1 heterocycles. The van der Waals surface area contributed by atoms with E-state index in [9.17, 15) is 14.0 Å². The Morgan fingerprint density at radius 1 is 1.07 bits per heavy atom. The molecule has 0 radical (unpaired) electrons. The fourth-order valence-corrected chi connectivity index (χ4v) is 3.43. The Hall–Kier alpha value is -2.97. The zero-order chi connectivity index (χ0) is 21.5. The van der Waals surface area contributed by atoms with Crippen LogP contribution in [0.3, 0.4) is 0 Å². The lowest BCUT2D eigenvalue weighted by Crippen LogP contribution is -2.49. The second-order valence-corrected chi connectivity index (χ2v) is 7.30. The van der Waals surface area contributed by atoms with Crippen LogP contribution < -0.4 is 15.4 Å². The maximum atomic E-state index is 13.4. The Morgan fingerprint density at radius 2 is 1.77 bits per heavy atom. The van der Waals surface area contributed by atoms with Gasteiger partial charge < -0.3 is 20.3 Å². The minimum absolute atomic E-state index is 0.145. The minimum Gasteiger partial charge on any atom is -0.497 e. The lowest BCUT2D eigenvalue weighted by Gasteiger charge is -2.38.